The lowest BCUT2D eigenvalue weighted by Gasteiger charge is -2.04. The van der Waals surface area contributed by atoms with Crippen LogP contribution in [-0.4, -0.2) is 24.0 Å². The van der Waals surface area contributed by atoms with Crippen LogP contribution in [-0.2, 0) is 6.42 Å². The van der Waals surface area contributed by atoms with Crippen LogP contribution in [0.15, 0.2) is 35.3 Å². The number of hydrogen-bond acceptors (Lipinski definition) is 1. The second-order valence-corrected chi connectivity index (χ2v) is 4.68. The molecule has 0 saturated carbocycles. The van der Waals surface area contributed by atoms with Crippen LogP contribution < -0.4 is 11.1 Å². The molecule has 1 heterocycles. The summed E-state index contributed by atoms with van der Waals surface area (Å²) in [5, 5.41) is 4.39. The fourth-order valence-electron chi connectivity index (χ4n) is 2.01. The summed E-state index contributed by atoms with van der Waals surface area (Å²) in [6.45, 7) is 3.76. The van der Waals surface area contributed by atoms with Gasteiger partial charge in [-0.15, -0.1) is 0 Å². The zero-order valence-corrected chi connectivity index (χ0v) is 11.4. The van der Waals surface area contributed by atoms with Gasteiger partial charge in [-0.1, -0.05) is 31.5 Å². The van der Waals surface area contributed by atoms with Crippen LogP contribution in [0.5, 0.6) is 0 Å². The predicted molar refractivity (Wildman–Crippen MR) is 81.4 cm³/mol. The monoisotopic (exact) mass is 258 g/mol. The molecule has 0 bridgehead atoms. The minimum Gasteiger partial charge on any atom is -0.370 e. The molecule has 0 fully saturated rings. The first kappa shape index (κ1) is 13.5. The van der Waals surface area contributed by atoms with Crippen LogP contribution in [0, 0.1) is 0 Å². The second-order valence-electron chi connectivity index (χ2n) is 4.68. The van der Waals surface area contributed by atoms with Crippen molar-refractivity contribution in [2.75, 3.05) is 13.1 Å². The van der Waals surface area contributed by atoms with E-state index in [9.17, 15) is 0 Å². The summed E-state index contributed by atoms with van der Waals surface area (Å²) in [5.74, 6) is 0.546. The molecule has 0 saturated heterocycles. The van der Waals surface area contributed by atoms with E-state index in [0.717, 1.165) is 32.4 Å². The molecular weight excluding hydrogens is 236 g/mol. The molecule has 0 radical (unpaired) electrons. The highest BCUT2D eigenvalue weighted by Crippen LogP contribution is 2.14. The van der Waals surface area contributed by atoms with Crippen molar-refractivity contribution >= 4 is 16.9 Å². The van der Waals surface area contributed by atoms with Crippen LogP contribution in [0.3, 0.4) is 0 Å². The molecule has 4 heteroatoms. The van der Waals surface area contributed by atoms with E-state index in [0.29, 0.717) is 5.96 Å². The zero-order valence-electron chi connectivity index (χ0n) is 11.4. The van der Waals surface area contributed by atoms with E-state index in [-0.39, 0.29) is 0 Å². The summed E-state index contributed by atoms with van der Waals surface area (Å²) in [7, 11) is 0. The lowest BCUT2D eigenvalue weighted by atomic mass is 10.2. The highest BCUT2D eigenvalue weighted by molar-refractivity contribution is 5.80. The number of fused-ring (bicyclic) bond motifs is 1. The van der Waals surface area contributed by atoms with E-state index in [1.165, 1.54) is 16.6 Å². The molecule has 19 heavy (non-hydrogen) atoms. The Balaban J connectivity index is 1.80. The number of aromatic nitrogens is 1. The number of hydrogen-bond donors (Lipinski definition) is 3. The standard InChI is InChI=1S/C15H22N4/c1-2-3-9-17-15(16)18-10-8-13-11-12-6-4-5-7-14(12)19-13/h4-7,11,19H,2-3,8-10H2,1H3,(H3,16,17,18). The molecule has 4 nitrogen and oxygen atoms in total. The highest BCUT2D eigenvalue weighted by atomic mass is 15.1. The number of nitrogens with two attached hydrogens (primary N) is 1. The van der Waals surface area contributed by atoms with Crippen molar-refractivity contribution < 1.29 is 0 Å². The van der Waals surface area contributed by atoms with E-state index in [2.05, 4.69) is 46.5 Å². The van der Waals surface area contributed by atoms with Gasteiger partial charge in [-0.25, -0.2) is 0 Å². The smallest absolute Gasteiger partial charge is 0.188 e. The van der Waals surface area contributed by atoms with E-state index in [1.807, 2.05) is 6.07 Å². The third-order valence-electron chi connectivity index (χ3n) is 3.08. The number of nitrogens with one attached hydrogen (secondary N) is 2. The van der Waals surface area contributed by atoms with E-state index < -0.39 is 0 Å². The number of aromatic amines is 1. The van der Waals surface area contributed by atoms with Gasteiger partial charge in [0.25, 0.3) is 0 Å². The maximum Gasteiger partial charge on any atom is 0.188 e. The topological polar surface area (TPSA) is 66.2 Å². The van der Waals surface area contributed by atoms with Crippen molar-refractivity contribution in [2.45, 2.75) is 26.2 Å². The third kappa shape index (κ3) is 4.02. The molecule has 1 aromatic heterocycles. The molecule has 0 amide bonds. The first-order valence-electron chi connectivity index (χ1n) is 6.90. The van der Waals surface area contributed by atoms with Crippen LogP contribution in [0.4, 0.5) is 0 Å². The van der Waals surface area contributed by atoms with Crippen molar-refractivity contribution in [3.63, 3.8) is 0 Å². The van der Waals surface area contributed by atoms with Crippen molar-refractivity contribution in [1.82, 2.24) is 10.3 Å². The number of para-hydroxylation sites is 1. The summed E-state index contributed by atoms with van der Waals surface area (Å²) in [6, 6.07) is 10.5. The molecule has 0 aliphatic carbocycles. The lowest BCUT2D eigenvalue weighted by Crippen LogP contribution is -2.33. The Morgan fingerprint density at radius 3 is 3.00 bits per heavy atom. The van der Waals surface area contributed by atoms with Crippen molar-refractivity contribution in [3.8, 4) is 0 Å². The maximum absolute atomic E-state index is 5.78. The van der Waals surface area contributed by atoms with Gasteiger partial charge in [0.15, 0.2) is 5.96 Å². The number of nitrogens with zero attached hydrogens (tertiary/aromatic N) is 1. The fourth-order valence-corrected chi connectivity index (χ4v) is 2.01. The first-order valence-corrected chi connectivity index (χ1v) is 6.90. The normalized spacial score (nSPS) is 11.9. The summed E-state index contributed by atoms with van der Waals surface area (Å²) in [4.78, 5) is 7.66. The van der Waals surface area contributed by atoms with E-state index >= 15 is 0 Å². The minimum absolute atomic E-state index is 0.546. The predicted octanol–water partition coefficient (Wildman–Crippen LogP) is 2.41. The average Bonchev–Trinajstić information content (AvgIpc) is 2.81. The van der Waals surface area contributed by atoms with Crippen LogP contribution in [0.25, 0.3) is 10.9 Å². The Morgan fingerprint density at radius 2 is 2.21 bits per heavy atom. The van der Waals surface area contributed by atoms with E-state index in [4.69, 9.17) is 5.73 Å². The molecule has 102 valence electrons. The van der Waals surface area contributed by atoms with Crippen molar-refractivity contribution in [1.29, 1.82) is 0 Å². The lowest BCUT2D eigenvalue weighted by molar-refractivity contribution is 0.788. The van der Waals surface area contributed by atoms with Gasteiger partial charge in [-0.05, 0) is 23.9 Å². The van der Waals surface area contributed by atoms with Gasteiger partial charge < -0.3 is 16.0 Å². The molecule has 1 aromatic carbocycles. The van der Waals surface area contributed by atoms with Gasteiger partial charge >= 0.3 is 0 Å². The molecular formula is C15H22N4. The quantitative estimate of drug-likeness (QED) is 0.423. The Hall–Kier alpha value is -1.97. The molecule has 0 spiro atoms. The average molecular weight is 258 g/mol. The summed E-state index contributed by atoms with van der Waals surface area (Å²) in [6.07, 6.45) is 3.15. The van der Waals surface area contributed by atoms with Gasteiger partial charge in [0.2, 0.25) is 0 Å². The molecule has 2 aromatic rings. The van der Waals surface area contributed by atoms with Crippen molar-refractivity contribution in [3.05, 3.63) is 36.0 Å². The number of rotatable bonds is 6. The Labute approximate surface area is 114 Å². The van der Waals surface area contributed by atoms with Crippen LogP contribution in [0.1, 0.15) is 25.5 Å². The molecule has 2 rings (SSSR count). The largest absolute Gasteiger partial charge is 0.370 e. The van der Waals surface area contributed by atoms with Crippen molar-refractivity contribution in [2.24, 2.45) is 10.7 Å². The summed E-state index contributed by atoms with van der Waals surface area (Å²) < 4.78 is 0. The first-order chi connectivity index (χ1) is 9.29. The molecule has 0 aliphatic rings. The molecule has 0 atom stereocenters. The maximum atomic E-state index is 5.78. The number of aliphatic imine (C=N–C) groups is 1. The number of benzene rings is 1. The highest BCUT2D eigenvalue weighted by Gasteiger charge is 1.99. The number of H-pyrrole nitrogens is 1. The SMILES string of the molecule is CCCCN=C(N)NCCc1cc2ccccc2[nH]1. The number of guanidine groups is 1. The van der Waals surface area contributed by atoms with Gasteiger partial charge in [-0.2, -0.15) is 0 Å². The van der Waals surface area contributed by atoms with Crippen LogP contribution in [0.2, 0.25) is 0 Å². The zero-order chi connectivity index (χ0) is 13.5. The third-order valence-corrected chi connectivity index (χ3v) is 3.08. The van der Waals surface area contributed by atoms with Gasteiger partial charge in [-0.3, -0.25) is 4.99 Å². The molecule has 0 aliphatic heterocycles. The van der Waals surface area contributed by atoms with Crippen LogP contribution >= 0.6 is 0 Å². The fraction of sp³-hybridized carbons (Fsp3) is 0.400. The van der Waals surface area contributed by atoms with Gasteiger partial charge in [0, 0.05) is 30.7 Å². The summed E-state index contributed by atoms with van der Waals surface area (Å²) in [5.41, 5.74) is 8.18. The Bertz CT molecular complexity index is 509. The van der Waals surface area contributed by atoms with Gasteiger partial charge in [0.1, 0.15) is 0 Å². The minimum atomic E-state index is 0.546. The van der Waals surface area contributed by atoms with E-state index in [1.54, 1.807) is 0 Å². The number of unbranched alkanes of at least 4 members (excludes halogenated alkanes) is 1. The second kappa shape index (κ2) is 6.83. The molecule has 4 N–H and O–H groups in total. The Morgan fingerprint density at radius 1 is 1.37 bits per heavy atom. The Kier molecular flexibility index (Phi) is 4.84. The van der Waals surface area contributed by atoms with Gasteiger partial charge in [0.05, 0.1) is 0 Å². The summed E-state index contributed by atoms with van der Waals surface area (Å²) >= 11 is 0. The molecule has 0 unspecified atom stereocenters.